The van der Waals surface area contributed by atoms with Crippen molar-refractivity contribution in [1.82, 2.24) is 30.2 Å². The Hall–Kier alpha value is -3.92. The van der Waals surface area contributed by atoms with Crippen molar-refractivity contribution in [3.8, 4) is 17.4 Å². The number of carbonyl (C=O) groups excluding carboxylic acids is 2. The van der Waals surface area contributed by atoms with Gasteiger partial charge in [-0.1, -0.05) is 17.7 Å². The van der Waals surface area contributed by atoms with Gasteiger partial charge < -0.3 is 25.0 Å². The molecule has 1 saturated heterocycles. The number of amides is 1. The van der Waals surface area contributed by atoms with Crippen molar-refractivity contribution in [3.63, 3.8) is 0 Å². The van der Waals surface area contributed by atoms with Crippen molar-refractivity contribution in [2.75, 3.05) is 31.2 Å². The Morgan fingerprint density at radius 3 is 2.89 bits per heavy atom. The van der Waals surface area contributed by atoms with Crippen LogP contribution in [0.4, 0.5) is 5.82 Å². The number of rotatable bonds is 6. The van der Waals surface area contributed by atoms with Crippen molar-refractivity contribution in [2.24, 2.45) is 0 Å². The minimum absolute atomic E-state index is 0.0544. The number of piperazine rings is 1. The first-order chi connectivity index (χ1) is 17.1. The highest BCUT2D eigenvalue weighted by Gasteiger charge is 2.30. The van der Waals surface area contributed by atoms with Crippen molar-refractivity contribution < 1.29 is 19.1 Å². The Labute approximate surface area is 205 Å². The summed E-state index contributed by atoms with van der Waals surface area (Å²) in [5, 5.41) is 6.33. The van der Waals surface area contributed by atoms with Gasteiger partial charge in [0, 0.05) is 44.5 Å². The Morgan fingerprint density at radius 2 is 2.09 bits per heavy atom. The third kappa shape index (κ3) is 5.12. The van der Waals surface area contributed by atoms with E-state index in [1.807, 2.05) is 24.1 Å². The molecular formula is C23H22ClN7O4. The van der Waals surface area contributed by atoms with Gasteiger partial charge in [-0.05, 0) is 17.7 Å². The number of fused-ring (bicyclic) bond motifs is 1. The van der Waals surface area contributed by atoms with Crippen LogP contribution in [0.15, 0.2) is 48.7 Å². The van der Waals surface area contributed by atoms with Crippen LogP contribution in [0.5, 0.6) is 11.5 Å². The molecule has 0 bridgehead atoms. The fraction of sp³-hybridized carbons (Fsp3) is 0.304. The van der Waals surface area contributed by atoms with E-state index in [1.54, 1.807) is 34.3 Å². The monoisotopic (exact) mass is 495 g/mol. The molecule has 1 atom stereocenters. The maximum atomic E-state index is 12.7. The molecule has 1 aromatic carbocycles. The minimum Gasteiger partial charge on any atom is -0.486 e. The summed E-state index contributed by atoms with van der Waals surface area (Å²) in [4.78, 5) is 39.1. The second kappa shape index (κ2) is 10.1. The maximum Gasteiger partial charge on any atom is 0.238 e. The average Bonchev–Trinajstić information content (AvgIpc) is 3.42. The quantitative estimate of drug-likeness (QED) is 0.384. The minimum atomic E-state index is -0.535. The Balaban J connectivity index is 1.26. The second-order valence-electron chi connectivity index (χ2n) is 7.92. The summed E-state index contributed by atoms with van der Waals surface area (Å²) in [6.07, 6.45) is 4.90. The fourth-order valence-electron chi connectivity index (χ4n) is 3.97. The number of carbonyl (C=O) groups is 1. The summed E-state index contributed by atoms with van der Waals surface area (Å²) >= 11 is 6.23. The molecule has 0 spiro atoms. The molecule has 35 heavy (non-hydrogen) atoms. The lowest BCUT2D eigenvalue weighted by Crippen LogP contribution is -2.51. The lowest BCUT2D eigenvalue weighted by atomic mass is 10.1. The van der Waals surface area contributed by atoms with Gasteiger partial charge >= 0.3 is 0 Å². The molecule has 2 aromatic heterocycles. The first kappa shape index (κ1) is 22.9. The molecule has 1 amide bonds. The predicted octanol–water partition coefficient (Wildman–Crippen LogP) is 1.29. The summed E-state index contributed by atoms with van der Waals surface area (Å²) in [6.45, 7) is 2.33. The van der Waals surface area contributed by atoms with Gasteiger partial charge in [0.1, 0.15) is 42.2 Å². The van der Waals surface area contributed by atoms with Crippen molar-refractivity contribution in [3.05, 3.63) is 59.4 Å². The van der Waals surface area contributed by atoms with Crippen molar-refractivity contribution in [1.29, 1.82) is 0 Å². The molecule has 12 heteroatoms. The molecule has 1 fully saturated rings. The number of nitrogens with zero attached hydrogens (tertiary/aromatic N) is 5. The average molecular weight is 496 g/mol. The SMILES string of the molecule is O=C=C1C(CC(=O)NCc2ccc3c(c2)OCCO3)NCCN1c1cc(Cl)nc(-n2ccnc2)n1. The number of hydrogen-bond acceptors (Lipinski definition) is 9. The lowest BCUT2D eigenvalue weighted by Gasteiger charge is -2.34. The van der Waals surface area contributed by atoms with Crippen LogP contribution < -0.4 is 25.0 Å². The summed E-state index contributed by atoms with van der Waals surface area (Å²) in [7, 11) is 0. The van der Waals surface area contributed by atoms with Crippen LogP contribution in [-0.2, 0) is 16.1 Å². The lowest BCUT2D eigenvalue weighted by molar-refractivity contribution is -0.121. The number of nitrogens with one attached hydrogen (secondary N) is 2. The van der Waals surface area contributed by atoms with E-state index in [2.05, 4.69) is 25.6 Å². The number of ether oxygens (including phenoxy) is 2. The van der Waals surface area contributed by atoms with E-state index in [1.165, 1.54) is 0 Å². The highest BCUT2D eigenvalue weighted by Crippen LogP contribution is 2.30. The highest BCUT2D eigenvalue weighted by atomic mass is 35.5. The van der Waals surface area contributed by atoms with E-state index in [4.69, 9.17) is 21.1 Å². The standard InChI is InChI=1S/C23H22ClN7O4/c24-20-11-21(29-23(28-20)30-5-3-25-14-30)31-6-4-26-16(17(31)13-32)10-22(33)27-12-15-1-2-18-19(9-15)35-8-7-34-18/h1-3,5,9,11,14,16,26H,4,6-8,10,12H2,(H,27,33). The number of imidazole rings is 1. The molecule has 2 aliphatic rings. The number of hydrogen-bond donors (Lipinski definition) is 2. The van der Waals surface area contributed by atoms with E-state index in [0.29, 0.717) is 56.1 Å². The van der Waals surface area contributed by atoms with Crippen LogP contribution in [0.2, 0.25) is 5.15 Å². The fourth-order valence-corrected chi connectivity index (χ4v) is 4.14. The van der Waals surface area contributed by atoms with Gasteiger partial charge in [-0.15, -0.1) is 0 Å². The molecule has 3 aromatic rings. The zero-order valence-electron chi connectivity index (χ0n) is 18.6. The normalized spacial score (nSPS) is 17.1. The van der Waals surface area contributed by atoms with E-state index < -0.39 is 6.04 Å². The first-order valence-corrected chi connectivity index (χ1v) is 11.4. The first-order valence-electron chi connectivity index (χ1n) is 11.0. The van der Waals surface area contributed by atoms with Gasteiger partial charge in [-0.2, -0.15) is 4.98 Å². The number of halogens is 1. The molecule has 1 unspecified atom stereocenters. The highest BCUT2D eigenvalue weighted by molar-refractivity contribution is 6.29. The van der Waals surface area contributed by atoms with Crippen molar-refractivity contribution >= 4 is 29.3 Å². The van der Waals surface area contributed by atoms with Crippen LogP contribution in [0.25, 0.3) is 5.95 Å². The summed E-state index contributed by atoms with van der Waals surface area (Å²) in [5.41, 5.74) is 1.16. The Morgan fingerprint density at radius 1 is 1.23 bits per heavy atom. The smallest absolute Gasteiger partial charge is 0.238 e. The molecule has 2 aliphatic heterocycles. The van der Waals surface area contributed by atoms with E-state index in [0.717, 1.165) is 5.56 Å². The largest absolute Gasteiger partial charge is 0.486 e. The summed E-state index contributed by atoms with van der Waals surface area (Å²) in [6, 6.07) is 6.59. The van der Waals surface area contributed by atoms with E-state index in [9.17, 15) is 9.59 Å². The van der Waals surface area contributed by atoms with Gasteiger partial charge in [0.05, 0.1) is 6.04 Å². The van der Waals surface area contributed by atoms with Gasteiger partial charge in [0.2, 0.25) is 11.9 Å². The third-order valence-electron chi connectivity index (χ3n) is 5.62. The molecule has 11 nitrogen and oxygen atoms in total. The van der Waals surface area contributed by atoms with Gasteiger partial charge in [0.15, 0.2) is 11.5 Å². The molecule has 4 heterocycles. The number of benzene rings is 1. The van der Waals surface area contributed by atoms with Crippen LogP contribution in [0.3, 0.4) is 0 Å². The van der Waals surface area contributed by atoms with Gasteiger partial charge in [-0.3, -0.25) is 9.36 Å². The van der Waals surface area contributed by atoms with Crippen LogP contribution in [0, 0.1) is 0 Å². The molecule has 0 aliphatic carbocycles. The molecule has 0 radical (unpaired) electrons. The molecule has 180 valence electrons. The Kier molecular flexibility index (Phi) is 6.62. The second-order valence-corrected chi connectivity index (χ2v) is 8.31. The van der Waals surface area contributed by atoms with E-state index in [-0.39, 0.29) is 23.2 Å². The predicted molar refractivity (Wildman–Crippen MR) is 126 cm³/mol. The third-order valence-corrected chi connectivity index (χ3v) is 5.81. The zero-order chi connectivity index (χ0) is 24.2. The zero-order valence-corrected chi connectivity index (χ0v) is 19.4. The molecular weight excluding hydrogens is 474 g/mol. The van der Waals surface area contributed by atoms with Gasteiger partial charge in [0.25, 0.3) is 0 Å². The molecule has 5 rings (SSSR count). The molecule has 0 saturated carbocycles. The van der Waals surface area contributed by atoms with Gasteiger partial charge in [-0.25, -0.2) is 14.8 Å². The maximum absolute atomic E-state index is 12.7. The van der Waals surface area contributed by atoms with Crippen LogP contribution in [-0.4, -0.2) is 63.7 Å². The number of aromatic nitrogens is 4. The van der Waals surface area contributed by atoms with Crippen LogP contribution >= 0.6 is 11.6 Å². The topological polar surface area (TPSA) is 124 Å². The van der Waals surface area contributed by atoms with Crippen molar-refractivity contribution in [2.45, 2.75) is 19.0 Å². The van der Waals surface area contributed by atoms with E-state index >= 15 is 0 Å². The Bertz CT molecular complexity index is 1280. The van der Waals surface area contributed by atoms with Crippen LogP contribution in [0.1, 0.15) is 12.0 Å². The summed E-state index contributed by atoms with van der Waals surface area (Å²) < 4.78 is 12.7. The molecule has 2 N–H and O–H groups in total. The summed E-state index contributed by atoms with van der Waals surface area (Å²) in [5.74, 6) is 3.89. The number of anilines is 1.